The van der Waals surface area contributed by atoms with Gasteiger partial charge in [0.1, 0.15) is 6.04 Å². The highest BCUT2D eigenvalue weighted by Gasteiger charge is 2.34. The maximum atomic E-state index is 11.1. The van der Waals surface area contributed by atoms with Gasteiger partial charge < -0.3 is 14.8 Å². The van der Waals surface area contributed by atoms with Crippen molar-refractivity contribution in [3.63, 3.8) is 0 Å². The molecule has 2 atom stereocenters. The van der Waals surface area contributed by atoms with Crippen LogP contribution in [-0.2, 0) is 19.1 Å². The van der Waals surface area contributed by atoms with Crippen LogP contribution in [0.4, 0.5) is 0 Å². The number of esters is 2. The molecule has 1 aliphatic rings. The van der Waals surface area contributed by atoms with E-state index in [0.29, 0.717) is 13.0 Å². The van der Waals surface area contributed by atoms with E-state index in [-0.39, 0.29) is 23.9 Å². The van der Waals surface area contributed by atoms with Crippen LogP contribution < -0.4 is 5.32 Å². The van der Waals surface area contributed by atoms with Crippen molar-refractivity contribution in [3.8, 4) is 0 Å². The summed E-state index contributed by atoms with van der Waals surface area (Å²) in [6, 6.07) is -0.367. The molecule has 0 amide bonds. The molecule has 1 unspecified atom stereocenters. The highest BCUT2D eigenvalue weighted by atomic mass is 16.5. The highest BCUT2D eigenvalue weighted by molar-refractivity contribution is 5.79. The minimum Gasteiger partial charge on any atom is -0.469 e. The average Bonchev–Trinajstić information content (AvgIpc) is 2.64. The van der Waals surface area contributed by atoms with E-state index in [4.69, 9.17) is 0 Å². The Kier molecular flexibility index (Phi) is 3.25. The van der Waals surface area contributed by atoms with Gasteiger partial charge in [-0.05, 0) is 6.42 Å². The molecule has 5 nitrogen and oxygen atoms in total. The summed E-state index contributed by atoms with van der Waals surface area (Å²) in [6.07, 6.45) is 0.458. The molecular formula is C8H13NO4. The molecule has 0 radical (unpaired) electrons. The third-order valence-electron chi connectivity index (χ3n) is 2.15. The number of rotatable bonds is 2. The van der Waals surface area contributed by atoms with Crippen LogP contribution in [-0.4, -0.2) is 38.7 Å². The third-order valence-corrected chi connectivity index (χ3v) is 2.15. The number of hydrogen-bond donors (Lipinski definition) is 1. The van der Waals surface area contributed by atoms with Gasteiger partial charge in [-0.25, -0.2) is 0 Å². The van der Waals surface area contributed by atoms with Crippen molar-refractivity contribution in [2.24, 2.45) is 5.92 Å². The van der Waals surface area contributed by atoms with Crippen LogP contribution in [0, 0.1) is 5.92 Å². The zero-order valence-corrected chi connectivity index (χ0v) is 7.70. The molecule has 1 aliphatic heterocycles. The Bertz CT molecular complexity index is 194. The molecule has 1 saturated heterocycles. The van der Waals surface area contributed by atoms with E-state index in [2.05, 4.69) is 14.8 Å². The second kappa shape index (κ2) is 4.23. The van der Waals surface area contributed by atoms with Gasteiger partial charge in [-0.3, -0.25) is 9.59 Å². The van der Waals surface area contributed by atoms with E-state index in [1.165, 1.54) is 14.2 Å². The van der Waals surface area contributed by atoms with E-state index in [1.54, 1.807) is 0 Å². The van der Waals surface area contributed by atoms with Crippen molar-refractivity contribution in [1.29, 1.82) is 0 Å². The van der Waals surface area contributed by atoms with E-state index < -0.39 is 0 Å². The monoisotopic (exact) mass is 187 g/mol. The number of nitrogens with one attached hydrogen (secondary N) is 1. The smallest absolute Gasteiger partial charge is 0.322 e. The lowest BCUT2D eigenvalue weighted by Crippen LogP contribution is -2.31. The highest BCUT2D eigenvalue weighted by Crippen LogP contribution is 2.15. The summed E-state index contributed by atoms with van der Waals surface area (Å²) < 4.78 is 9.11. The molecule has 0 aromatic heterocycles. The standard InChI is InChI=1S/C8H13NO4/c1-12-7(10)5-3-6(9-4-5)8(11)13-2/h5-6,9H,3-4H2,1-2H3/t5?,6-/m0/s1. The predicted octanol–water partition coefficient (Wildman–Crippen LogP) is -0.690. The van der Waals surface area contributed by atoms with Crippen molar-refractivity contribution in [1.82, 2.24) is 5.32 Å². The summed E-state index contributed by atoms with van der Waals surface area (Å²) in [5, 5.41) is 2.90. The SMILES string of the molecule is COC(=O)C1CN[C@H](C(=O)OC)C1. The van der Waals surface area contributed by atoms with Crippen molar-refractivity contribution in [2.45, 2.75) is 12.5 Å². The number of hydrogen-bond acceptors (Lipinski definition) is 5. The van der Waals surface area contributed by atoms with Gasteiger partial charge in [0.15, 0.2) is 0 Å². The quantitative estimate of drug-likeness (QED) is 0.580. The second-order valence-electron chi connectivity index (χ2n) is 2.94. The molecular weight excluding hydrogens is 174 g/mol. The zero-order chi connectivity index (χ0) is 9.84. The first-order valence-corrected chi connectivity index (χ1v) is 4.08. The summed E-state index contributed by atoms with van der Waals surface area (Å²) in [4.78, 5) is 22.1. The Morgan fingerprint density at radius 3 is 2.38 bits per heavy atom. The summed E-state index contributed by atoms with van der Waals surface area (Å²) >= 11 is 0. The average molecular weight is 187 g/mol. The van der Waals surface area contributed by atoms with Gasteiger partial charge in [0.2, 0.25) is 0 Å². The van der Waals surface area contributed by atoms with E-state index in [9.17, 15) is 9.59 Å². The molecule has 0 aromatic carbocycles. The summed E-state index contributed by atoms with van der Waals surface area (Å²) in [7, 11) is 2.67. The Labute approximate surface area is 76.4 Å². The lowest BCUT2D eigenvalue weighted by Gasteiger charge is -2.06. The lowest BCUT2D eigenvalue weighted by atomic mass is 10.1. The van der Waals surface area contributed by atoms with Crippen LogP contribution in [0.2, 0.25) is 0 Å². The van der Waals surface area contributed by atoms with Gasteiger partial charge in [-0.15, -0.1) is 0 Å². The van der Waals surface area contributed by atoms with Crippen molar-refractivity contribution in [3.05, 3.63) is 0 Å². The molecule has 0 aliphatic carbocycles. The van der Waals surface area contributed by atoms with Gasteiger partial charge in [0.05, 0.1) is 20.1 Å². The molecule has 1 heterocycles. The number of methoxy groups -OCH3 is 2. The van der Waals surface area contributed by atoms with Gasteiger partial charge in [-0.2, -0.15) is 0 Å². The van der Waals surface area contributed by atoms with Crippen molar-refractivity contribution >= 4 is 11.9 Å². The van der Waals surface area contributed by atoms with Gasteiger partial charge >= 0.3 is 11.9 Å². The number of carbonyl (C=O) groups excluding carboxylic acids is 2. The Balaban J connectivity index is 2.44. The first-order chi connectivity index (χ1) is 6.19. The summed E-state index contributed by atoms with van der Waals surface area (Å²) in [6.45, 7) is 0.479. The molecule has 0 bridgehead atoms. The van der Waals surface area contributed by atoms with Crippen LogP contribution >= 0.6 is 0 Å². The molecule has 0 saturated carbocycles. The first kappa shape index (κ1) is 9.98. The van der Waals surface area contributed by atoms with E-state index in [1.807, 2.05) is 0 Å². The first-order valence-electron chi connectivity index (χ1n) is 4.08. The molecule has 1 fully saturated rings. The molecule has 1 N–H and O–H groups in total. The normalized spacial score (nSPS) is 26.9. The Morgan fingerprint density at radius 2 is 1.85 bits per heavy atom. The maximum absolute atomic E-state index is 11.1. The predicted molar refractivity (Wildman–Crippen MR) is 43.9 cm³/mol. The fraction of sp³-hybridized carbons (Fsp3) is 0.750. The van der Waals surface area contributed by atoms with E-state index in [0.717, 1.165) is 0 Å². The maximum Gasteiger partial charge on any atom is 0.322 e. The minimum atomic E-state index is -0.367. The largest absolute Gasteiger partial charge is 0.469 e. The molecule has 74 valence electrons. The van der Waals surface area contributed by atoms with Crippen LogP contribution in [0.15, 0.2) is 0 Å². The third kappa shape index (κ3) is 2.18. The van der Waals surface area contributed by atoms with Crippen molar-refractivity contribution < 1.29 is 19.1 Å². The Hall–Kier alpha value is -1.10. The summed E-state index contributed by atoms with van der Waals surface area (Å²) in [5.41, 5.74) is 0. The van der Waals surface area contributed by atoms with Crippen LogP contribution in [0.5, 0.6) is 0 Å². The van der Waals surface area contributed by atoms with E-state index >= 15 is 0 Å². The van der Waals surface area contributed by atoms with Crippen LogP contribution in [0.25, 0.3) is 0 Å². The van der Waals surface area contributed by atoms with Crippen molar-refractivity contribution in [2.75, 3.05) is 20.8 Å². The van der Waals surface area contributed by atoms with Gasteiger partial charge in [-0.1, -0.05) is 0 Å². The fourth-order valence-electron chi connectivity index (χ4n) is 1.40. The minimum absolute atomic E-state index is 0.228. The topological polar surface area (TPSA) is 64.6 Å². The molecule has 0 spiro atoms. The van der Waals surface area contributed by atoms with Crippen LogP contribution in [0.3, 0.4) is 0 Å². The molecule has 13 heavy (non-hydrogen) atoms. The molecule has 1 rings (SSSR count). The fourth-order valence-corrected chi connectivity index (χ4v) is 1.40. The second-order valence-corrected chi connectivity index (χ2v) is 2.94. The van der Waals surface area contributed by atoms with Gasteiger partial charge in [0.25, 0.3) is 0 Å². The lowest BCUT2D eigenvalue weighted by molar-refractivity contribution is -0.145. The van der Waals surface area contributed by atoms with Crippen LogP contribution in [0.1, 0.15) is 6.42 Å². The van der Waals surface area contributed by atoms with Gasteiger partial charge in [0, 0.05) is 6.54 Å². The number of carbonyl (C=O) groups is 2. The molecule has 0 aromatic rings. The Morgan fingerprint density at radius 1 is 1.23 bits per heavy atom. The summed E-state index contributed by atoms with van der Waals surface area (Å²) in [5.74, 6) is -0.834. The zero-order valence-electron chi connectivity index (χ0n) is 7.70. The number of ether oxygens (including phenoxy) is 2. The molecule has 5 heteroatoms.